The first kappa shape index (κ1) is 10.6. The molecule has 0 atom stereocenters. The van der Waals surface area contributed by atoms with Crippen LogP contribution < -0.4 is 0 Å². The highest BCUT2D eigenvalue weighted by Crippen LogP contribution is 2.57. The number of hydrogen-bond acceptors (Lipinski definition) is 3. The van der Waals surface area contributed by atoms with Crippen LogP contribution in [-0.4, -0.2) is 0 Å². The van der Waals surface area contributed by atoms with Gasteiger partial charge >= 0.3 is 25.8 Å². The minimum Gasteiger partial charge on any atom is -0.153 e. The van der Waals surface area contributed by atoms with Crippen LogP contribution in [0.4, 0.5) is 16.8 Å². The molecular formula is F4O3P3+. The molecule has 0 saturated heterocycles. The Kier molecular flexibility index (Phi) is 5.59. The van der Waals surface area contributed by atoms with Gasteiger partial charge in [0.15, 0.2) is 0 Å². The summed E-state index contributed by atoms with van der Waals surface area (Å²) in [7, 11) is -11.2. The van der Waals surface area contributed by atoms with Gasteiger partial charge in [-0.1, -0.05) is 0 Å². The third kappa shape index (κ3) is 6.72. The lowest BCUT2D eigenvalue weighted by atomic mass is 15.8. The van der Waals surface area contributed by atoms with E-state index < -0.39 is 25.8 Å². The minimum absolute atomic E-state index is 3.12. The van der Waals surface area contributed by atoms with Crippen molar-refractivity contribution >= 4 is 25.8 Å². The second-order valence-corrected chi connectivity index (χ2v) is 3.35. The maximum Gasteiger partial charge on any atom is 0.715 e. The van der Waals surface area contributed by atoms with Crippen LogP contribution in [0.1, 0.15) is 0 Å². The van der Waals surface area contributed by atoms with Crippen LogP contribution in [0.15, 0.2) is 0 Å². The predicted octanol–water partition coefficient (Wildman–Crippen LogP) is 4.01. The molecule has 0 unspecified atom stereocenters. The number of rotatable bonds is 4. The molecule has 0 rings (SSSR count). The maximum absolute atomic E-state index is 11.1. The van der Waals surface area contributed by atoms with E-state index in [0.29, 0.717) is 0 Å². The lowest BCUT2D eigenvalue weighted by molar-refractivity contribution is 0.401. The summed E-state index contributed by atoms with van der Waals surface area (Å²) in [5.74, 6) is 0. The van der Waals surface area contributed by atoms with Crippen molar-refractivity contribution in [1.82, 2.24) is 0 Å². The summed E-state index contributed by atoms with van der Waals surface area (Å²) in [5, 5.41) is 0. The first-order valence-corrected chi connectivity index (χ1v) is 4.77. The fourth-order valence-electron chi connectivity index (χ4n) is 0.116. The lowest BCUT2D eigenvalue weighted by Gasteiger charge is -1.82. The van der Waals surface area contributed by atoms with E-state index in [9.17, 15) is 21.4 Å². The highest BCUT2D eigenvalue weighted by atomic mass is 31.3. The molecule has 0 aliphatic carbocycles. The van der Waals surface area contributed by atoms with E-state index in [0.717, 1.165) is 0 Å². The Hall–Kier alpha value is 0.600. The average Bonchev–Trinajstić information content (AvgIpc) is 1.58. The summed E-state index contributed by atoms with van der Waals surface area (Å²) >= 11 is 0. The number of hydrogen-bond donors (Lipinski definition) is 0. The summed E-state index contributed by atoms with van der Waals surface area (Å²) in [6, 6.07) is 0. The summed E-state index contributed by atoms with van der Waals surface area (Å²) in [5.41, 5.74) is 0. The van der Waals surface area contributed by atoms with Gasteiger partial charge in [-0.25, -0.2) is 0 Å². The van der Waals surface area contributed by atoms with Gasteiger partial charge in [0.25, 0.3) is 0 Å². The molecule has 0 fully saturated rings. The summed E-state index contributed by atoms with van der Waals surface area (Å²) in [4.78, 5) is 0. The van der Waals surface area contributed by atoms with E-state index in [2.05, 4.69) is 8.62 Å². The van der Waals surface area contributed by atoms with Crippen molar-refractivity contribution < 1.29 is 30.0 Å². The Labute approximate surface area is 56.8 Å². The third-order valence-corrected chi connectivity index (χ3v) is 2.31. The van der Waals surface area contributed by atoms with Crippen LogP contribution in [0, 0.1) is 0 Å². The molecule has 0 N–H and O–H groups in total. The molecule has 60 valence electrons. The van der Waals surface area contributed by atoms with Crippen molar-refractivity contribution in [2.45, 2.75) is 0 Å². The van der Waals surface area contributed by atoms with Crippen LogP contribution in [-0.2, 0) is 13.2 Å². The van der Waals surface area contributed by atoms with Gasteiger partial charge in [-0.05, 0) is 8.62 Å². The molecule has 3 nitrogen and oxygen atoms in total. The van der Waals surface area contributed by atoms with Crippen molar-refractivity contribution in [3.63, 3.8) is 0 Å². The summed E-state index contributed by atoms with van der Waals surface area (Å²) < 4.78 is 60.4. The molecule has 0 aromatic carbocycles. The van der Waals surface area contributed by atoms with Crippen LogP contribution >= 0.6 is 25.8 Å². The average molecular weight is 217 g/mol. The summed E-state index contributed by atoms with van der Waals surface area (Å²) in [6.07, 6.45) is 0. The first-order chi connectivity index (χ1) is 4.52. The molecular weight excluding hydrogens is 217 g/mol. The molecule has 0 aliphatic heterocycles. The lowest BCUT2D eigenvalue weighted by Crippen LogP contribution is -1.64. The molecule has 0 aromatic rings. The quantitative estimate of drug-likeness (QED) is 0.527. The number of halogens is 4. The van der Waals surface area contributed by atoms with E-state index in [-0.39, 0.29) is 0 Å². The molecule has 0 aliphatic rings. The molecule has 10 heavy (non-hydrogen) atoms. The highest BCUT2D eigenvalue weighted by molar-refractivity contribution is 7.57. The van der Waals surface area contributed by atoms with Gasteiger partial charge < -0.3 is 0 Å². The van der Waals surface area contributed by atoms with Gasteiger partial charge in [0.1, 0.15) is 0 Å². The van der Waals surface area contributed by atoms with E-state index in [1.54, 1.807) is 0 Å². The van der Waals surface area contributed by atoms with Gasteiger partial charge in [-0.15, -0.1) is 0 Å². The second-order valence-electron chi connectivity index (χ2n) is 0.791. The molecule has 0 saturated carbocycles. The third-order valence-electron chi connectivity index (χ3n) is 0.257. The van der Waals surface area contributed by atoms with Gasteiger partial charge in [-0.3, -0.25) is 0 Å². The first-order valence-electron chi connectivity index (χ1n) is 1.59. The molecule has 0 radical (unpaired) electrons. The Morgan fingerprint density at radius 1 is 1.00 bits per heavy atom. The Balaban J connectivity index is 3.44. The van der Waals surface area contributed by atoms with Crippen molar-refractivity contribution in [2.24, 2.45) is 0 Å². The van der Waals surface area contributed by atoms with Crippen LogP contribution in [0.25, 0.3) is 0 Å². The van der Waals surface area contributed by atoms with E-state index in [1.807, 2.05) is 0 Å². The van der Waals surface area contributed by atoms with E-state index in [1.165, 1.54) is 0 Å². The molecule has 10 heteroatoms. The van der Waals surface area contributed by atoms with Crippen LogP contribution in [0.5, 0.6) is 0 Å². The molecule has 0 amide bonds. The van der Waals surface area contributed by atoms with Crippen molar-refractivity contribution in [2.75, 3.05) is 0 Å². The standard InChI is InChI=1S/F4O3P3/c1-8(2)6-10(5)7-9(3)4/q+1. The SMILES string of the molecule is O=[P+](OP(F)F)OP(F)F. The molecule has 0 heterocycles. The zero-order chi connectivity index (χ0) is 8.15. The second kappa shape index (κ2) is 5.28. The predicted molar refractivity (Wildman–Crippen MR) is 28.0 cm³/mol. The fourth-order valence-corrected chi connectivity index (χ4v) is 1.31. The molecule has 0 bridgehead atoms. The largest absolute Gasteiger partial charge is 0.715 e. The van der Waals surface area contributed by atoms with Crippen molar-refractivity contribution in [3.05, 3.63) is 0 Å². The zero-order valence-corrected chi connectivity index (χ0v) is 6.76. The van der Waals surface area contributed by atoms with Crippen LogP contribution in [0.2, 0.25) is 0 Å². The smallest absolute Gasteiger partial charge is 0.153 e. The minimum atomic E-state index is -3.90. The normalized spacial score (nSPS) is 11.0. The van der Waals surface area contributed by atoms with Gasteiger partial charge in [0.05, 0.1) is 0 Å². The van der Waals surface area contributed by atoms with Gasteiger partial charge in [-0.2, -0.15) is 16.8 Å². The topological polar surface area (TPSA) is 35.5 Å². The monoisotopic (exact) mass is 217 g/mol. The van der Waals surface area contributed by atoms with Gasteiger partial charge in [0.2, 0.25) is 0 Å². The Morgan fingerprint density at radius 3 is 1.50 bits per heavy atom. The highest BCUT2D eigenvalue weighted by Gasteiger charge is 2.34. The van der Waals surface area contributed by atoms with Crippen molar-refractivity contribution in [3.8, 4) is 0 Å². The Bertz CT molecular complexity index is 102. The van der Waals surface area contributed by atoms with Crippen LogP contribution in [0.3, 0.4) is 0 Å². The summed E-state index contributed by atoms with van der Waals surface area (Å²) in [6.45, 7) is 0. The zero-order valence-electron chi connectivity index (χ0n) is 4.08. The van der Waals surface area contributed by atoms with E-state index >= 15 is 0 Å². The molecule has 0 aromatic heterocycles. The molecule has 0 spiro atoms. The van der Waals surface area contributed by atoms with Crippen molar-refractivity contribution in [1.29, 1.82) is 0 Å². The fraction of sp³-hybridized carbons (Fsp3) is 0. The maximum atomic E-state index is 11.1. The van der Waals surface area contributed by atoms with Gasteiger partial charge in [0, 0.05) is 4.57 Å². The van der Waals surface area contributed by atoms with E-state index in [4.69, 9.17) is 0 Å². The Morgan fingerprint density at radius 2 is 1.30 bits per heavy atom.